The fourth-order valence-corrected chi connectivity index (χ4v) is 3.88. The average Bonchev–Trinajstić information content (AvgIpc) is 2.55. The minimum Gasteiger partial charge on any atom is -0.245 e. The number of thioether (sulfide) groups is 2. The molecule has 1 nitrogen and oxygen atoms in total. The summed E-state index contributed by atoms with van der Waals surface area (Å²) < 4.78 is 37.8. The van der Waals surface area contributed by atoms with E-state index in [1.54, 1.807) is 11.8 Å². The highest BCUT2D eigenvalue weighted by atomic mass is 32.2. The highest BCUT2D eigenvalue weighted by Gasteiger charge is 2.30. The predicted molar refractivity (Wildman–Crippen MR) is 94.8 cm³/mol. The van der Waals surface area contributed by atoms with Gasteiger partial charge in [0.25, 0.3) is 0 Å². The molecule has 0 N–H and O–H groups in total. The monoisotopic (exact) mass is 355 g/mol. The van der Waals surface area contributed by atoms with E-state index in [9.17, 15) is 13.2 Å². The summed E-state index contributed by atoms with van der Waals surface area (Å²) in [6.07, 6.45) is -0.401. The van der Waals surface area contributed by atoms with E-state index in [0.29, 0.717) is 5.69 Å². The smallest absolute Gasteiger partial charge is 0.245 e. The van der Waals surface area contributed by atoms with Gasteiger partial charge in [0.2, 0.25) is 0 Å². The van der Waals surface area contributed by atoms with Crippen LogP contribution in [-0.4, -0.2) is 17.6 Å². The fourth-order valence-electron chi connectivity index (χ4n) is 2.07. The quantitative estimate of drug-likeness (QED) is 0.478. The first-order chi connectivity index (χ1) is 11.0. The Morgan fingerprint density at radius 1 is 0.957 bits per heavy atom. The van der Waals surface area contributed by atoms with Gasteiger partial charge in [0, 0.05) is 0 Å². The summed E-state index contributed by atoms with van der Waals surface area (Å²) in [5.74, 6) is 0. The lowest BCUT2D eigenvalue weighted by Gasteiger charge is -2.16. The fraction of sp³-hybridized carbons (Fsp3) is 0.235. The number of rotatable bonds is 4. The minimum atomic E-state index is -4.32. The highest BCUT2D eigenvalue weighted by molar-refractivity contribution is 8.15. The second kappa shape index (κ2) is 7.93. The van der Waals surface area contributed by atoms with Crippen LogP contribution in [-0.2, 0) is 6.18 Å². The van der Waals surface area contributed by atoms with Gasteiger partial charge in [0.05, 0.1) is 21.5 Å². The molecule has 0 aliphatic carbocycles. The topological polar surface area (TPSA) is 12.4 Å². The average molecular weight is 355 g/mol. The Balaban J connectivity index is 2.30. The lowest BCUT2D eigenvalue weighted by atomic mass is 10.1. The van der Waals surface area contributed by atoms with E-state index < -0.39 is 11.7 Å². The Hall–Kier alpha value is -1.40. The highest BCUT2D eigenvalue weighted by Crippen LogP contribution is 2.35. The van der Waals surface area contributed by atoms with Crippen LogP contribution in [0.4, 0.5) is 18.9 Å². The third-order valence-corrected chi connectivity index (χ3v) is 5.07. The van der Waals surface area contributed by atoms with Gasteiger partial charge in [-0.15, -0.1) is 11.8 Å². The molecular weight excluding hydrogens is 339 g/mol. The minimum absolute atomic E-state index is 0.0634. The molecule has 1 unspecified atom stereocenters. The number of aliphatic imine (C=N–C) groups is 1. The maximum absolute atomic E-state index is 12.6. The second-order valence-corrected chi connectivity index (χ2v) is 6.49. The molecule has 2 rings (SSSR count). The summed E-state index contributed by atoms with van der Waals surface area (Å²) in [5, 5.41) is 0.928. The standard InChI is InChI=1S/C17H16F3NS2/c1-22-15(12-6-4-3-5-7-12)16(23-2)21-14-10-8-13(9-11-14)17(18,19)20/h3-11,15H,1-2H3. The Bertz CT molecular complexity index is 652. The Morgan fingerprint density at radius 2 is 1.57 bits per heavy atom. The van der Waals surface area contributed by atoms with Crippen molar-refractivity contribution < 1.29 is 13.2 Å². The van der Waals surface area contributed by atoms with E-state index in [4.69, 9.17) is 0 Å². The van der Waals surface area contributed by atoms with Crippen molar-refractivity contribution in [3.63, 3.8) is 0 Å². The number of hydrogen-bond donors (Lipinski definition) is 0. The first kappa shape index (κ1) is 17.9. The van der Waals surface area contributed by atoms with Gasteiger partial charge >= 0.3 is 6.18 Å². The van der Waals surface area contributed by atoms with Crippen molar-refractivity contribution >= 4 is 34.3 Å². The summed E-state index contributed by atoms with van der Waals surface area (Å²) in [5.41, 5.74) is 0.990. The zero-order chi connectivity index (χ0) is 16.9. The van der Waals surface area contributed by atoms with E-state index in [1.165, 1.54) is 23.9 Å². The molecule has 0 bridgehead atoms. The van der Waals surface area contributed by atoms with E-state index in [2.05, 4.69) is 4.99 Å². The molecule has 0 aliphatic heterocycles. The molecule has 23 heavy (non-hydrogen) atoms. The van der Waals surface area contributed by atoms with Crippen molar-refractivity contribution in [3.05, 3.63) is 65.7 Å². The SMILES string of the molecule is CSC(=Nc1ccc(C(F)(F)F)cc1)C(SC)c1ccccc1. The zero-order valence-electron chi connectivity index (χ0n) is 12.7. The number of benzene rings is 2. The van der Waals surface area contributed by atoms with Gasteiger partial charge in [-0.1, -0.05) is 30.3 Å². The normalized spacial score (nSPS) is 13.9. The third-order valence-electron chi connectivity index (χ3n) is 3.21. The van der Waals surface area contributed by atoms with Crippen LogP contribution in [0.15, 0.2) is 59.6 Å². The van der Waals surface area contributed by atoms with Crippen LogP contribution in [0.3, 0.4) is 0 Å². The molecule has 2 aromatic carbocycles. The molecule has 0 heterocycles. The van der Waals surface area contributed by atoms with Crippen LogP contribution in [0.1, 0.15) is 16.4 Å². The maximum Gasteiger partial charge on any atom is 0.416 e. The van der Waals surface area contributed by atoms with Crippen LogP contribution in [0.5, 0.6) is 0 Å². The first-order valence-electron chi connectivity index (χ1n) is 6.83. The van der Waals surface area contributed by atoms with Crippen LogP contribution in [0, 0.1) is 0 Å². The number of nitrogens with zero attached hydrogens (tertiary/aromatic N) is 1. The summed E-state index contributed by atoms with van der Waals surface area (Å²) in [4.78, 5) is 4.54. The molecule has 0 aliphatic rings. The molecule has 0 amide bonds. The third kappa shape index (κ3) is 4.78. The van der Waals surface area contributed by atoms with Crippen LogP contribution >= 0.6 is 23.5 Å². The van der Waals surface area contributed by atoms with Gasteiger partial charge in [0.1, 0.15) is 0 Å². The van der Waals surface area contributed by atoms with Gasteiger partial charge in [0.15, 0.2) is 0 Å². The van der Waals surface area contributed by atoms with E-state index in [1.807, 2.05) is 42.8 Å². The largest absolute Gasteiger partial charge is 0.416 e. The maximum atomic E-state index is 12.6. The van der Waals surface area contributed by atoms with Gasteiger partial charge in [-0.25, -0.2) is 4.99 Å². The van der Waals surface area contributed by atoms with Crippen molar-refractivity contribution in [2.24, 2.45) is 4.99 Å². The second-order valence-electron chi connectivity index (χ2n) is 4.73. The molecule has 122 valence electrons. The van der Waals surface area contributed by atoms with Crippen molar-refractivity contribution in [2.75, 3.05) is 12.5 Å². The summed E-state index contributed by atoms with van der Waals surface area (Å²) in [6, 6.07) is 14.9. The van der Waals surface area contributed by atoms with Crippen molar-refractivity contribution in [3.8, 4) is 0 Å². The molecule has 0 radical (unpaired) electrons. The van der Waals surface area contributed by atoms with Crippen molar-refractivity contribution in [1.29, 1.82) is 0 Å². The summed E-state index contributed by atoms with van der Waals surface area (Å²) in [7, 11) is 0. The van der Waals surface area contributed by atoms with Gasteiger partial charge in [-0.2, -0.15) is 24.9 Å². The Morgan fingerprint density at radius 3 is 2.04 bits per heavy atom. The molecule has 0 saturated heterocycles. The first-order valence-corrected chi connectivity index (χ1v) is 9.34. The molecule has 6 heteroatoms. The number of alkyl halides is 3. The van der Waals surface area contributed by atoms with E-state index in [0.717, 1.165) is 22.7 Å². The van der Waals surface area contributed by atoms with E-state index in [-0.39, 0.29) is 5.25 Å². The molecule has 2 aromatic rings. The molecule has 0 fully saturated rings. The van der Waals surface area contributed by atoms with Crippen molar-refractivity contribution in [2.45, 2.75) is 11.4 Å². The predicted octanol–water partition coefficient (Wildman–Crippen LogP) is 6.20. The van der Waals surface area contributed by atoms with E-state index >= 15 is 0 Å². The van der Waals surface area contributed by atoms with Crippen molar-refractivity contribution in [1.82, 2.24) is 0 Å². The molecular formula is C17H16F3NS2. The lowest BCUT2D eigenvalue weighted by molar-refractivity contribution is -0.137. The van der Waals surface area contributed by atoms with Crippen LogP contribution in [0.25, 0.3) is 0 Å². The Kier molecular flexibility index (Phi) is 6.18. The molecule has 0 saturated carbocycles. The lowest BCUT2D eigenvalue weighted by Crippen LogP contribution is -2.05. The van der Waals surface area contributed by atoms with Crippen LogP contribution < -0.4 is 0 Å². The summed E-state index contributed by atoms with van der Waals surface area (Å²) >= 11 is 3.16. The summed E-state index contributed by atoms with van der Waals surface area (Å²) in [6.45, 7) is 0. The zero-order valence-corrected chi connectivity index (χ0v) is 14.3. The molecule has 0 spiro atoms. The molecule has 1 atom stereocenters. The van der Waals surface area contributed by atoms with Crippen LogP contribution in [0.2, 0.25) is 0 Å². The van der Waals surface area contributed by atoms with Gasteiger partial charge < -0.3 is 0 Å². The number of hydrogen-bond acceptors (Lipinski definition) is 3. The molecule has 0 aromatic heterocycles. The Labute approximate surface area is 142 Å². The van der Waals surface area contributed by atoms with Gasteiger partial charge in [-0.3, -0.25) is 0 Å². The number of halogens is 3. The van der Waals surface area contributed by atoms with Gasteiger partial charge in [-0.05, 0) is 42.3 Å².